The van der Waals surface area contributed by atoms with Crippen LogP contribution in [-0.2, 0) is 9.59 Å². The third-order valence-corrected chi connectivity index (χ3v) is 4.60. The number of thioether (sulfide) groups is 1. The van der Waals surface area contributed by atoms with E-state index in [1.807, 2.05) is 6.92 Å². The number of amides is 2. The van der Waals surface area contributed by atoms with Gasteiger partial charge in [0.15, 0.2) is 0 Å². The molecule has 21 heavy (non-hydrogen) atoms. The fourth-order valence-electron chi connectivity index (χ4n) is 2.23. The Morgan fingerprint density at radius 2 is 2.19 bits per heavy atom. The molecule has 4 N–H and O–H groups in total. The summed E-state index contributed by atoms with van der Waals surface area (Å²) in [6.45, 7) is 1.87. The van der Waals surface area contributed by atoms with Gasteiger partial charge in [-0.05, 0) is 20.0 Å². The predicted octanol–water partition coefficient (Wildman–Crippen LogP) is -0.951. The Balaban J connectivity index is 2.69. The molecule has 0 spiro atoms. The van der Waals surface area contributed by atoms with Crippen LogP contribution in [0.1, 0.15) is 13.3 Å². The first-order valence-electron chi connectivity index (χ1n) is 6.82. The van der Waals surface area contributed by atoms with Crippen LogP contribution in [0.2, 0.25) is 0 Å². The summed E-state index contributed by atoms with van der Waals surface area (Å²) in [7, 11) is 5.05. The molecule has 0 aromatic rings. The third kappa shape index (κ3) is 4.69. The summed E-state index contributed by atoms with van der Waals surface area (Å²) >= 11 is 1.48. The van der Waals surface area contributed by atoms with Crippen molar-refractivity contribution in [2.75, 3.05) is 26.9 Å². The Labute approximate surface area is 129 Å². The lowest BCUT2D eigenvalue weighted by Crippen LogP contribution is -2.52. The molecule has 1 aliphatic rings. The predicted molar refractivity (Wildman–Crippen MR) is 84.2 cm³/mol. The van der Waals surface area contributed by atoms with Gasteiger partial charge in [-0.15, -0.1) is 11.8 Å². The van der Waals surface area contributed by atoms with E-state index in [1.54, 1.807) is 26.0 Å². The minimum Gasteiger partial charge on any atom is -0.391 e. The molecule has 120 valence electrons. The number of nitrogens with two attached hydrogens (primary N) is 1. The number of carbonyl (C=O) groups excluding carboxylic acids is 2. The van der Waals surface area contributed by atoms with Gasteiger partial charge in [0.1, 0.15) is 12.1 Å². The Hall–Kier alpha value is -1.12. The molecule has 0 aliphatic carbocycles. The molecule has 0 saturated carbocycles. The number of nitrogens with one attached hydrogen (secondary N) is 1. The lowest BCUT2D eigenvalue weighted by molar-refractivity contribution is -0.130. The number of hydrogen-bond donors (Lipinski definition) is 3. The van der Waals surface area contributed by atoms with Crippen molar-refractivity contribution in [1.29, 1.82) is 0 Å². The summed E-state index contributed by atoms with van der Waals surface area (Å²) in [5.41, 5.74) is 5.23. The summed E-state index contributed by atoms with van der Waals surface area (Å²) in [4.78, 5) is 28.9. The molecular weight excluding hydrogens is 292 g/mol. The second-order valence-electron chi connectivity index (χ2n) is 5.45. The van der Waals surface area contributed by atoms with Crippen molar-refractivity contribution in [2.24, 2.45) is 16.6 Å². The highest BCUT2D eigenvalue weighted by atomic mass is 32.2. The SMILES string of the molecule is CNC(=O)C(C(O)C(C)CC1=NC(C(N)=O)CS1)N(C)C. The highest BCUT2D eigenvalue weighted by molar-refractivity contribution is 8.14. The van der Waals surface area contributed by atoms with Gasteiger partial charge in [0, 0.05) is 19.2 Å². The van der Waals surface area contributed by atoms with Gasteiger partial charge in [0.25, 0.3) is 0 Å². The summed E-state index contributed by atoms with van der Waals surface area (Å²) in [5, 5.41) is 13.8. The van der Waals surface area contributed by atoms with Crippen LogP contribution in [0.15, 0.2) is 4.99 Å². The van der Waals surface area contributed by atoms with Crippen molar-refractivity contribution in [1.82, 2.24) is 10.2 Å². The maximum absolute atomic E-state index is 11.9. The molecule has 0 aromatic carbocycles. The fraction of sp³-hybridized carbons (Fsp3) is 0.769. The quantitative estimate of drug-likeness (QED) is 0.561. The van der Waals surface area contributed by atoms with Crippen molar-refractivity contribution in [3.05, 3.63) is 0 Å². The van der Waals surface area contributed by atoms with Gasteiger partial charge in [-0.25, -0.2) is 0 Å². The monoisotopic (exact) mass is 316 g/mol. The third-order valence-electron chi connectivity index (χ3n) is 3.51. The van der Waals surface area contributed by atoms with Crippen LogP contribution in [0.25, 0.3) is 0 Å². The van der Waals surface area contributed by atoms with Crippen molar-refractivity contribution in [3.63, 3.8) is 0 Å². The van der Waals surface area contributed by atoms with Gasteiger partial charge in [0.2, 0.25) is 11.8 Å². The van der Waals surface area contributed by atoms with Gasteiger partial charge in [0.05, 0.1) is 11.1 Å². The number of rotatable bonds is 7. The molecule has 0 bridgehead atoms. The second-order valence-corrected chi connectivity index (χ2v) is 6.54. The Morgan fingerprint density at radius 3 is 2.62 bits per heavy atom. The van der Waals surface area contributed by atoms with Gasteiger partial charge < -0.3 is 16.2 Å². The molecule has 0 aromatic heterocycles. The maximum atomic E-state index is 11.9. The molecule has 1 aliphatic heterocycles. The van der Waals surface area contributed by atoms with Crippen molar-refractivity contribution in [3.8, 4) is 0 Å². The molecule has 0 fully saturated rings. The van der Waals surface area contributed by atoms with E-state index in [9.17, 15) is 14.7 Å². The number of hydrogen-bond acceptors (Lipinski definition) is 6. The molecular formula is C13H24N4O3S. The first-order chi connectivity index (χ1) is 9.77. The van der Waals surface area contributed by atoms with E-state index in [-0.39, 0.29) is 11.8 Å². The average molecular weight is 316 g/mol. The second kappa shape index (κ2) is 7.77. The minimum absolute atomic E-state index is 0.160. The zero-order valence-corrected chi connectivity index (χ0v) is 13.7. The van der Waals surface area contributed by atoms with Crippen LogP contribution in [0.5, 0.6) is 0 Å². The smallest absolute Gasteiger partial charge is 0.243 e. The van der Waals surface area contributed by atoms with Gasteiger partial charge in [-0.2, -0.15) is 0 Å². The molecule has 2 amide bonds. The van der Waals surface area contributed by atoms with E-state index in [1.165, 1.54) is 11.8 Å². The first-order valence-corrected chi connectivity index (χ1v) is 7.81. The lowest BCUT2D eigenvalue weighted by Gasteiger charge is -2.31. The van der Waals surface area contributed by atoms with Crippen molar-refractivity contribution < 1.29 is 14.7 Å². The highest BCUT2D eigenvalue weighted by Gasteiger charge is 2.33. The lowest BCUT2D eigenvalue weighted by atomic mass is 9.94. The molecule has 1 heterocycles. The van der Waals surface area contributed by atoms with Gasteiger partial charge >= 0.3 is 0 Å². The zero-order chi connectivity index (χ0) is 16.2. The Bertz CT molecular complexity index is 428. The van der Waals surface area contributed by atoms with Crippen LogP contribution in [0, 0.1) is 5.92 Å². The minimum atomic E-state index is -0.823. The van der Waals surface area contributed by atoms with E-state index in [4.69, 9.17) is 5.73 Å². The zero-order valence-electron chi connectivity index (χ0n) is 12.9. The first kappa shape index (κ1) is 17.9. The number of aliphatic imine (C=N–C) groups is 1. The number of nitrogens with zero attached hydrogens (tertiary/aromatic N) is 2. The van der Waals surface area contributed by atoms with E-state index in [0.29, 0.717) is 12.2 Å². The van der Waals surface area contributed by atoms with Crippen LogP contribution in [0.3, 0.4) is 0 Å². The van der Waals surface area contributed by atoms with Gasteiger partial charge in [-0.1, -0.05) is 6.92 Å². The molecule has 8 heteroatoms. The molecule has 7 nitrogen and oxygen atoms in total. The standard InChI is InChI=1S/C13H24N4O3S/c1-7(5-9-16-8(6-21-9)12(14)19)11(18)10(17(3)4)13(20)15-2/h7-8,10-11,18H,5-6H2,1-4H3,(H2,14,19)(H,15,20). The van der Waals surface area contributed by atoms with E-state index in [0.717, 1.165) is 5.04 Å². The summed E-state index contributed by atoms with van der Waals surface area (Å²) in [6, 6.07) is -1.10. The van der Waals surface area contributed by atoms with Crippen LogP contribution in [0.4, 0.5) is 0 Å². The van der Waals surface area contributed by atoms with Crippen molar-refractivity contribution >= 4 is 28.6 Å². The van der Waals surface area contributed by atoms with Crippen molar-refractivity contribution in [2.45, 2.75) is 31.5 Å². The average Bonchev–Trinajstić information content (AvgIpc) is 2.86. The fourth-order valence-corrected chi connectivity index (χ4v) is 3.40. The highest BCUT2D eigenvalue weighted by Crippen LogP contribution is 2.25. The maximum Gasteiger partial charge on any atom is 0.243 e. The Morgan fingerprint density at radius 1 is 1.57 bits per heavy atom. The van der Waals surface area contributed by atoms with Crippen LogP contribution < -0.4 is 11.1 Å². The Kier molecular flexibility index (Phi) is 6.63. The summed E-state index contributed by atoms with van der Waals surface area (Å²) < 4.78 is 0. The number of aliphatic hydroxyl groups excluding tert-OH is 1. The number of primary amides is 1. The molecule has 0 radical (unpaired) electrons. The van der Waals surface area contributed by atoms with E-state index >= 15 is 0 Å². The number of likely N-dealkylation sites (N-methyl/N-ethyl adjacent to an activating group) is 2. The summed E-state index contributed by atoms with van der Waals surface area (Å²) in [6.07, 6.45) is -0.299. The molecule has 1 rings (SSSR count). The molecule has 0 saturated heterocycles. The molecule has 4 unspecified atom stereocenters. The van der Waals surface area contributed by atoms with Crippen LogP contribution in [-0.4, -0.2) is 71.9 Å². The molecule has 4 atom stereocenters. The topological polar surface area (TPSA) is 108 Å². The summed E-state index contributed by atoms with van der Waals surface area (Å²) in [5.74, 6) is -0.259. The van der Waals surface area contributed by atoms with E-state index in [2.05, 4.69) is 10.3 Å². The number of aliphatic hydroxyl groups is 1. The normalized spacial score (nSPS) is 22.6. The number of carbonyl (C=O) groups is 2. The van der Waals surface area contributed by atoms with E-state index < -0.39 is 24.1 Å². The van der Waals surface area contributed by atoms with Gasteiger partial charge in [-0.3, -0.25) is 19.5 Å². The largest absolute Gasteiger partial charge is 0.391 e. The van der Waals surface area contributed by atoms with Crippen LogP contribution >= 0.6 is 11.8 Å².